The fourth-order valence-corrected chi connectivity index (χ4v) is 6.46. The Morgan fingerprint density at radius 2 is 1.87 bits per heavy atom. The van der Waals surface area contributed by atoms with E-state index < -0.39 is 21.7 Å². The van der Waals surface area contributed by atoms with Crippen LogP contribution in [0, 0.1) is 20.8 Å². The molecule has 0 amide bonds. The van der Waals surface area contributed by atoms with Crippen LogP contribution < -0.4 is 10.4 Å². The maximum absolute atomic E-state index is 12.9. The summed E-state index contributed by atoms with van der Waals surface area (Å²) in [5.41, 5.74) is 1.52. The van der Waals surface area contributed by atoms with Crippen LogP contribution in [-0.2, 0) is 14.8 Å². The number of hydrogen-bond donors (Lipinski definition) is 2. The number of imidazole rings is 1. The Kier molecular flexibility index (Phi) is 7.07. The molecule has 0 radical (unpaired) electrons. The van der Waals surface area contributed by atoms with Crippen molar-refractivity contribution in [3.8, 4) is 5.69 Å². The van der Waals surface area contributed by atoms with Crippen LogP contribution in [0.4, 0.5) is 5.82 Å². The van der Waals surface area contributed by atoms with Gasteiger partial charge in [0, 0.05) is 17.0 Å². The molecule has 31 heavy (non-hydrogen) atoms. The number of nitrogens with zero attached hydrogens (tertiary/aromatic N) is 2. The number of benzene rings is 1. The second-order valence-corrected chi connectivity index (χ2v) is 11.3. The van der Waals surface area contributed by atoms with Crippen LogP contribution in [0.5, 0.6) is 0 Å². The molecule has 2 aliphatic rings. The van der Waals surface area contributed by atoms with Crippen molar-refractivity contribution in [2.24, 2.45) is 0 Å². The van der Waals surface area contributed by atoms with Gasteiger partial charge in [0.05, 0.1) is 9.10 Å². The molecule has 0 saturated heterocycles. The summed E-state index contributed by atoms with van der Waals surface area (Å²) in [6, 6.07) is 6.41. The summed E-state index contributed by atoms with van der Waals surface area (Å²) in [5, 5.41) is 8.78. The molecule has 11 heteroatoms. The van der Waals surface area contributed by atoms with Gasteiger partial charge in [-0.15, -0.1) is 23.1 Å². The molecule has 1 aromatic rings. The Bertz CT molecular complexity index is 1230. The van der Waals surface area contributed by atoms with Gasteiger partial charge in [-0.1, -0.05) is 17.7 Å². The largest absolute Gasteiger partial charge is 0.481 e. The van der Waals surface area contributed by atoms with Gasteiger partial charge in [0.15, 0.2) is 5.82 Å². The number of sulfonamides is 1. The number of thioether (sulfide) groups is 1. The number of aryl methyl sites for hydroxylation is 2. The second kappa shape index (κ2) is 9.41. The minimum atomic E-state index is -3.92. The molecule has 166 valence electrons. The Hall–Kier alpha value is -2.37. The van der Waals surface area contributed by atoms with Gasteiger partial charge in [-0.25, -0.2) is 13.2 Å². The van der Waals surface area contributed by atoms with Gasteiger partial charge in [0.1, 0.15) is 5.69 Å². The average molecular weight is 482 g/mol. The lowest BCUT2D eigenvalue weighted by Gasteiger charge is -2.16. The minimum absolute atomic E-state index is 0.00189. The molecular formula is C20H23N3O5S3. The van der Waals surface area contributed by atoms with Crippen molar-refractivity contribution in [2.75, 3.05) is 10.5 Å². The zero-order valence-electron chi connectivity index (χ0n) is 17.3. The fourth-order valence-electron chi connectivity index (χ4n) is 2.93. The number of rotatable bonds is 9. The smallest absolute Gasteiger partial charge is 0.354 e. The molecule has 0 saturated carbocycles. The average Bonchev–Trinajstić information content (AvgIpc) is 3.01. The molecule has 2 aliphatic heterocycles. The first-order valence-corrected chi connectivity index (χ1v) is 12.9. The summed E-state index contributed by atoms with van der Waals surface area (Å²) >= 11 is 2.93. The van der Waals surface area contributed by atoms with E-state index in [0.29, 0.717) is 30.0 Å². The van der Waals surface area contributed by atoms with Crippen molar-refractivity contribution in [2.45, 2.75) is 49.1 Å². The third-order valence-electron chi connectivity index (χ3n) is 4.71. The van der Waals surface area contributed by atoms with E-state index in [-0.39, 0.29) is 17.1 Å². The van der Waals surface area contributed by atoms with Crippen molar-refractivity contribution in [3.63, 3.8) is 0 Å². The maximum Gasteiger partial charge on any atom is 0.354 e. The number of carboxylic acid groups (broad SMARTS) is 1. The molecule has 3 rings (SSSR count). The number of fused-ring (bicyclic) bond motifs is 1. The van der Waals surface area contributed by atoms with Gasteiger partial charge >= 0.3 is 11.7 Å². The van der Waals surface area contributed by atoms with Crippen molar-refractivity contribution in [1.82, 2.24) is 9.55 Å². The Morgan fingerprint density at radius 3 is 2.52 bits per heavy atom. The minimum Gasteiger partial charge on any atom is -0.481 e. The predicted molar refractivity (Wildman–Crippen MR) is 123 cm³/mol. The fraction of sp³-hybridized carbons (Fsp3) is 0.350. The Labute approximate surface area is 188 Å². The summed E-state index contributed by atoms with van der Waals surface area (Å²) < 4.78 is 30.4. The van der Waals surface area contributed by atoms with Crippen molar-refractivity contribution < 1.29 is 18.3 Å². The first-order chi connectivity index (χ1) is 14.6. The number of carbonyl (C=O) groups is 1. The quantitative estimate of drug-likeness (QED) is 0.352. The zero-order valence-corrected chi connectivity index (χ0v) is 19.8. The van der Waals surface area contributed by atoms with Crippen LogP contribution >= 0.6 is 23.1 Å². The van der Waals surface area contributed by atoms with Gasteiger partial charge in [0.2, 0.25) is 0 Å². The first-order valence-electron chi connectivity index (χ1n) is 9.57. The SMILES string of the molecule is Cc1ccc(S(=O)(=O)Nc2nc(=O)n3c(C)c(C)sc(SCCCCC(=O)O)c2-3)cc1. The molecule has 0 fully saturated rings. The summed E-state index contributed by atoms with van der Waals surface area (Å²) in [5.74, 6) is -0.190. The number of aromatic nitrogens is 2. The normalized spacial score (nSPS) is 11.7. The van der Waals surface area contributed by atoms with E-state index >= 15 is 0 Å². The van der Waals surface area contributed by atoms with Crippen LogP contribution in [0.1, 0.15) is 35.4 Å². The van der Waals surface area contributed by atoms with Crippen LogP contribution in [0.2, 0.25) is 0 Å². The number of carboxylic acids is 1. The van der Waals surface area contributed by atoms with Gasteiger partial charge < -0.3 is 5.11 Å². The highest BCUT2D eigenvalue weighted by Crippen LogP contribution is 2.38. The molecule has 0 aliphatic carbocycles. The standard InChI is InChI=1S/C20H23N3O5S3/c1-12-7-9-15(10-8-12)31(27,28)22-18-17-19(29-11-5-4-6-16(24)25)30-14(3)13(2)23(17)20(26)21-18/h7-10H,4-6,11H2,1-3H3,(H,24,25)(H,21,22,26). The number of aliphatic carboxylic acids is 1. The second-order valence-electron chi connectivity index (χ2n) is 7.08. The van der Waals surface area contributed by atoms with Crippen LogP contribution in [-0.4, -0.2) is 34.8 Å². The lowest BCUT2D eigenvalue weighted by molar-refractivity contribution is -0.137. The van der Waals surface area contributed by atoms with E-state index in [2.05, 4.69) is 9.71 Å². The van der Waals surface area contributed by atoms with Crippen molar-refractivity contribution in [3.05, 3.63) is 50.9 Å². The van der Waals surface area contributed by atoms with E-state index in [1.165, 1.54) is 39.8 Å². The summed E-state index contributed by atoms with van der Waals surface area (Å²) in [4.78, 5) is 28.3. The highest BCUT2D eigenvalue weighted by atomic mass is 32.2. The molecule has 1 aromatic carbocycles. The maximum atomic E-state index is 12.9. The Balaban J connectivity index is 1.95. The van der Waals surface area contributed by atoms with E-state index in [9.17, 15) is 18.0 Å². The predicted octanol–water partition coefficient (Wildman–Crippen LogP) is 3.80. The van der Waals surface area contributed by atoms with Gasteiger partial charge in [-0.2, -0.15) is 4.98 Å². The Morgan fingerprint density at radius 1 is 1.19 bits per heavy atom. The summed E-state index contributed by atoms with van der Waals surface area (Å²) in [7, 11) is -3.92. The van der Waals surface area contributed by atoms with Crippen LogP contribution in [0.3, 0.4) is 0 Å². The van der Waals surface area contributed by atoms with Crippen LogP contribution in [0.15, 0.2) is 38.2 Å². The summed E-state index contributed by atoms with van der Waals surface area (Å²) in [6.45, 7) is 5.55. The number of anilines is 1. The highest BCUT2D eigenvalue weighted by Gasteiger charge is 2.26. The molecule has 0 aromatic heterocycles. The van der Waals surface area contributed by atoms with Gasteiger partial charge in [-0.05, 0) is 51.5 Å². The summed E-state index contributed by atoms with van der Waals surface area (Å²) in [6.07, 6.45) is 1.34. The third-order valence-corrected chi connectivity index (χ3v) is 8.60. The van der Waals surface area contributed by atoms with E-state index in [1.54, 1.807) is 19.1 Å². The van der Waals surface area contributed by atoms with E-state index in [1.807, 2.05) is 13.8 Å². The molecule has 8 nitrogen and oxygen atoms in total. The lowest BCUT2D eigenvalue weighted by Crippen LogP contribution is -2.17. The molecule has 0 atom stereocenters. The van der Waals surface area contributed by atoms with Crippen molar-refractivity contribution in [1.29, 1.82) is 0 Å². The van der Waals surface area contributed by atoms with Crippen molar-refractivity contribution >= 4 is 44.9 Å². The molecule has 2 heterocycles. The highest BCUT2D eigenvalue weighted by molar-refractivity contribution is 8.01. The monoisotopic (exact) mass is 481 g/mol. The molecule has 0 spiro atoms. The van der Waals surface area contributed by atoms with Gasteiger partial charge in [-0.3, -0.25) is 14.1 Å². The molecule has 0 unspecified atom stereocenters. The molecular weight excluding hydrogens is 458 g/mol. The lowest BCUT2D eigenvalue weighted by atomic mass is 10.2. The van der Waals surface area contributed by atoms with Crippen LogP contribution in [0.25, 0.3) is 5.69 Å². The molecule has 2 N–H and O–H groups in total. The first kappa shape index (κ1) is 23.3. The number of nitrogens with one attached hydrogen (secondary N) is 1. The molecule has 0 bridgehead atoms. The van der Waals surface area contributed by atoms with E-state index in [4.69, 9.17) is 5.11 Å². The van der Waals surface area contributed by atoms with E-state index in [0.717, 1.165) is 14.6 Å². The topological polar surface area (TPSA) is 118 Å². The third kappa shape index (κ3) is 5.28. The van der Waals surface area contributed by atoms with Gasteiger partial charge in [0.25, 0.3) is 10.0 Å². The zero-order chi connectivity index (χ0) is 22.8. The number of hydrogen-bond acceptors (Lipinski definition) is 7. The number of unbranched alkanes of at least 4 members (excludes halogenated alkanes) is 1.